The molecule has 1 saturated carbocycles. The quantitative estimate of drug-likeness (QED) is 0.511. The van der Waals surface area contributed by atoms with Crippen LogP contribution < -0.4 is 0 Å². The van der Waals surface area contributed by atoms with E-state index < -0.39 is 76.7 Å². The fourth-order valence-electron chi connectivity index (χ4n) is 5.97. The number of fused-ring (bicyclic) bond motifs is 5. The molecule has 10 heteroatoms. The van der Waals surface area contributed by atoms with E-state index in [-0.39, 0.29) is 12.0 Å². The summed E-state index contributed by atoms with van der Waals surface area (Å²) >= 11 is 0. The first-order valence-corrected chi connectivity index (χ1v) is 9.27. The van der Waals surface area contributed by atoms with Gasteiger partial charge in [-0.05, 0) is 17.5 Å². The molecule has 30 heavy (non-hydrogen) atoms. The molecular weight excluding hydrogens is 400 g/mol. The van der Waals surface area contributed by atoms with Crippen LogP contribution in [-0.4, -0.2) is 46.0 Å². The first kappa shape index (κ1) is 18.5. The van der Waals surface area contributed by atoms with Gasteiger partial charge in [-0.3, -0.25) is 28.8 Å². The van der Waals surface area contributed by atoms with Crippen molar-refractivity contribution >= 4 is 35.8 Å². The topological polar surface area (TPSA) is 161 Å². The lowest BCUT2D eigenvalue weighted by molar-refractivity contribution is -0.173. The number of carboxylic acids is 2. The summed E-state index contributed by atoms with van der Waals surface area (Å²) in [7, 11) is 0. The Morgan fingerprint density at radius 2 is 1.47 bits per heavy atom. The summed E-state index contributed by atoms with van der Waals surface area (Å²) in [6, 6.07) is 6.14. The van der Waals surface area contributed by atoms with Gasteiger partial charge in [0.2, 0.25) is 0 Å². The van der Waals surface area contributed by atoms with Crippen LogP contribution in [0.25, 0.3) is 0 Å². The van der Waals surface area contributed by atoms with Crippen LogP contribution in [0.4, 0.5) is 0 Å². The Morgan fingerprint density at radius 3 is 2.07 bits per heavy atom. The molecule has 7 unspecified atom stereocenters. The van der Waals surface area contributed by atoms with Gasteiger partial charge < -0.3 is 19.7 Å². The highest BCUT2D eigenvalue weighted by molar-refractivity contribution is 6.13. The molecule has 7 atom stereocenters. The number of rotatable bonds is 3. The Bertz CT molecular complexity index is 1060. The van der Waals surface area contributed by atoms with E-state index in [1.807, 2.05) is 0 Å². The molecule has 0 amide bonds. The molecule has 2 aliphatic heterocycles. The van der Waals surface area contributed by atoms with Gasteiger partial charge in [0, 0.05) is 5.92 Å². The number of carboxylic acid groups (broad SMARTS) is 2. The fraction of sp³-hybridized carbons (Fsp3) is 0.400. The molecule has 10 nitrogen and oxygen atoms in total. The number of ether oxygens (including phenoxy) is 2. The van der Waals surface area contributed by atoms with Crippen LogP contribution in [0.2, 0.25) is 0 Å². The van der Waals surface area contributed by atoms with Crippen molar-refractivity contribution < 1.29 is 48.5 Å². The molecule has 1 aromatic rings. The SMILES string of the molecule is O=C(O)C1CC(C23C(=O)OC(=O)C2C2C(=O)OC(=O)C23)c2ccccc2C1C(=O)O. The molecule has 154 valence electrons. The highest BCUT2D eigenvalue weighted by Crippen LogP contribution is 2.71. The van der Waals surface area contributed by atoms with Gasteiger partial charge in [-0.15, -0.1) is 0 Å². The van der Waals surface area contributed by atoms with Gasteiger partial charge in [-0.2, -0.15) is 0 Å². The normalized spacial score (nSPS) is 38.7. The van der Waals surface area contributed by atoms with Crippen molar-refractivity contribution in [2.75, 3.05) is 0 Å². The predicted octanol–water partition coefficient (Wildman–Crippen LogP) is 0.0583. The van der Waals surface area contributed by atoms with Crippen LogP contribution in [0.3, 0.4) is 0 Å². The molecule has 2 N–H and O–H groups in total. The monoisotopic (exact) mass is 414 g/mol. The fourth-order valence-corrected chi connectivity index (χ4v) is 5.97. The van der Waals surface area contributed by atoms with Crippen LogP contribution >= 0.6 is 0 Å². The lowest BCUT2D eigenvalue weighted by Gasteiger charge is -2.53. The molecule has 0 bridgehead atoms. The van der Waals surface area contributed by atoms with Crippen molar-refractivity contribution in [1.82, 2.24) is 0 Å². The minimum absolute atomic E-state index is 0.190. The van der Waals surface area contributed by atoms with Crippen molar-refractivity contribution in [1.29, 1.82) is 0 Å². The van der Waals surface area contributed by atoms with E-state index in [1.54, 1.807) is 18.2 Å². The largest absolute Gasteiger partial charge is 0.481 e. The molecule has 3 fully saturated rings. The molecule has 4 aliphatic rings. The van der Waals surface area contributed by atoms with Crippen molar-refractivity contribution in [3.8, 4) is 0 Å². The highest BCUT2D eigenvalue weighted by atomic mass is 16.6. The minimum Gasteiger partial charge on any atom is -0.481 e. The average Bonchev–Trinajstić information content (AvgIpc) is 3.01. The number of hydrogen-bond donors (Lipinski definition) is 2. The van der Waals surface area contributed by atoms with E-state index in [1.165, 1.54) is 6.07 Å². The van der Waals surface area contributed by atoms with Crippen LogP contribution in [0.1, 0.15) is 29.4 Å². The van der Waals surface area contributed by atoms with Crippen LogP contribution in [0.15, 0.2) is 24.3 Å². The Hall–Kier alpha value is -3.56. The summed E-state index contributed by atoms with van der Waals surface area (Å²) in [5.74, 6) is -14.1. The van der Waals surface area contributed by atoms with E-state index in [0.717, 1.165) is 0 Å². The van der Waals surface area contributed by atoms with E-state index >= 15 is 0 Å². The van der Waals surface area contributed by atoms with Crippen LogP contribution in [-0.2, 0) is 38.2 Å². The summed E-state index contributed by atoms with van der Waals surface area (Å²) in [5, 5.41) is 19.4. The maximum absolute atomic E-state index is 12.9. The van der Waals surface area contributed by atoms with Crippen molar-refractivity contribution in [2.45, 2.75) is 18.3 Å². The second-order valence-corrected chi connectivity index (χ2v) is 8.04. The molecule has 5 rings (SSSR count). The maximum atomic E-state index is 12.9. The van der Waals surface area contributed by atoms with E-state index in [0.29, 0.717) is 5.56 Å². The standard InChI is InChI=1S/C20H14O10/c21-14(22)8-5-9(6-3-1-2-4-7(6)10(8)15(23)24)20-12-11(16(25)29-17(12)26)13(20)18(27)30-19(20)28/h1-4,8-13H,5H2,(H,21,22)(H,23,24). The summed E-state index contributed by atoms with van der Waals surface area (Å²) < 4.78 is 9.49. The van der Waals surface area contributed by atoms with Crippen LogP contribution in [0.5, 0.6) is 0 Å². The number of cyclic esters (lactones) is 4. The zero-order chi connectivity index (χ0) is 21.5. The van der Waals surface area contributed by atoms with Gasteiger partial charge in [0.05, 0.1) is 29.6 Å². The lowest BCUT2D eigenvalue weighted by atomic mass is 9.41. The van der Waals surface area contributed by atoms with E-state index in [9.17, 15) is 39.0 Å². The molecule has 2 saturated heterocycles. The van der Waals surface area contributed by atoms with Gasteiger partial charge >= 0.3 is 35.8 Å². The summed E-state index contributed by atoms with van der Waals surface area (Å²) in [5.41, 5.74) is -1.25. The average molecular weight is 414 g/mol. The number of carbonyl (C=O) groups excluding carboxylic acids is 4. The third-order valence-electron chi connectivity index (χ3n) is 7.03. The number of esters is 4. The third kappa shape index (κ3) is 1.93. The first-order chi connectivity index (χ1) is 14.2. The van der Waals surface area contributed by atoms with Gasteiger partial charge in [-0.1, -0.05) is 24.3 Å². The van der Waals surface area contributed by atoms with E-state index in [2.05, 4.69) is 4.74 Å². The second kappa shape index (κ2) is 5.74. The third-order valence-corrected chi connectivity index (χ3v) is 7.03. The zero-order valence-corrected chi connectivity index (χ0v) is 15.1. The Balaban J connectivity index is 1.74. The molecular formula is C20H14O10. The molecule has 0 aromatic heterocycles. The number of aliphatic carboxylic acids is 2. The van der Waals surface area contributed by atoms with Gasteiger partial charge in [-0.25, -0.2) is 0 Å². The van der Waals surface area contributed by atoms with Crippen molar-refractivity contribution in [2.24, 2.45) is 29.1 Å². The van der Waals surface area contributed by atoms with E-state index in [4.69, 9.17) is 4.74 Å². The maximum Gasteiger partial charge on any atom is 0.322 e. The summed E-state index contributed by atoms with van der Waals surface area (Å²) in [6.07, 6.45) is -0.313. The smallest absolute Gasteiger partial charge is 0.322 e. The highest BCUT2D eigenvalue weighted by Gasteiger charge is 2.84. The molecule has 2 aliphatic carbocycles. The van der Waals surface area contributed by atoms with Gasteiger partial charge in [0.15, 0.2) is 0 Å². The number of carbonyl (C=O) groups is 6. The first-order valence-electron chi connectivity index (χ1n) is 9.27. The molecule has 0 radical (unpaired) electrons. The Kier molecular flexibility index (Phi) is 3.54. The Morgan fingerprint density at radius 1 is 0.867 bits per heavy atom. The predicted molar refractivity (Wildman–Crippen MR) is 90.4 cm³/mol. The minimum atomic E-state index is -1.79. The summed E-state index contributed by atoms with van der Waals surface area (Å²) in [4.78, 5) is 73.7. The van der Waals surface area contributed by atoms with Crippen molar-refractivity contribution in [3.63, 3.8) is 0 Å². The number of benzene rings is 1. The van der Waals surface area contributed by atoms with Crippen molar-refractivity contribution in [3.05, 3.63) is 35.4 Å². The lowest BCUT2D eigenvalue weighted by Crippen LogP contribution is -2.63. The second-order valence-electron chi connectivity index (χ2n) is 8.04. The zero-order valence-electron chi connectivity index (χ0n) is 15.1. The summed E-state index contributed by atoms with van der Waals surface area (Å²) in [6.45, 7) is 0. The molecule has 0 spiro atoms. The molecule has 2 heterocycles. The molecule has 1 aromatic carbocycles. The number of hydrogen-bond acceptors (Lipinski definition) is 8. The van der Waals surface area contributed by atoms with Gasteiger partial charge in [0.1, 0.15) is 5.41 Å². The Labute approximate surface area is 167 Å². The van der Waals surface area contributed by atoms with Gasteiger partial charge in [0.25, 0.3) is 0 Å². The van der Waals surface area contributed by atoms with Crippen LogP contribution in [0, 0.1) is 29.1 Å².